The molecule has 0 saturated carbocycles. The van der Waals surface area contributed by atoms with Crippen LogP contribution in [-0.4, -0.2) is 12.9 Å². The summed E-state index contributed by atoms with van der Waals surface area (Å²) in [5.74, 6) is 0.931. The first kappa shape index (κ1) is 8.34. The van der Waals surface area contributed by atoms with E-state index >= 15 is 0 Å². The van der Waals surface area contributed by atoms with Gasteiger partial charge in [0, 0.05) is 0 Å². The molecule has 1 saturated heterocycles. The Morgan fingerprint density at radius 3 is 2.82 bits per heavy atom. The van der Waals surface area contributed by atoms with Gasteiger partial charge in [0.1, 0.15) is 11.9 Å². The predicted octanol–water partition coefficient (Wildman–Crippen LogP) is 2.23. The highest BCUT2D eigenvalue weighted by Gasteiger charge is 2.17. The van der Waals surface area contributed by atoms with Gasteiger partial charge < -0.3 is 9.47 Å². The monoisotopic (exact) mass is 154 g/mol. The maximum Gasteiger partial charge on any atom is 0.189 e. The van der Waals surface area contributed by atoms with Crippen LogP contribution >= 0.6 is 0 Å². The van der Waals surface area contributed by atoms with E-state index in [1.165, 1.54) is 5.57 Å². The lowest BCUT2D eigenvalue weighted by Crippen LogP contribution is -1.99. The van der Waals surface area contributed by atoms with Crippen LogP contribution in [0.25, 0.3) is 0 Å². The Labute approximate surface area is 67.5 Å². The summed E-state index contributed by atoms with van der Waals surface area (Å²) in [5.41, 5.74) is 1.21. The fraction of sp³-hybridized carbons (Fsp3) is 0.556. The maximum atomic E-state index is 5.24. The third-order valence-electron chi connectivity index (χ3n) is 1.77. The summed E-state index contributed by atoms with van der Waals surface area (Å²) >= 11 is 0. The zero-order valence-electron chi connectivity index (χ0n) is 7.26. The van der Waals surface area contributed by atoms with E-state index in [0.29, 0.717) is 6.79 Å². The van der Waals surface area contributed by atoms with Crippen molar-refractivity contribution in [3.05, 3.63) is 23.5 Å². The van der Waals surface area contributed by atoms with Gasteiger partial charge in [-0.3, -0.25) is 0 Å². The van der Waals surface area contributed by atoms with Gasteiger partial charge in [0.05, 0.1) is 0 Å². The Balaban J connectivity index is 2.65. The van der Waals surface area contributed by atoms with Crippen LogP contribution in [0.5, 0.6) is 0 Å². The fourth-order valence-electron chi connectivity index (χ4n) is 0.870. The van der Waals surface area contributed by atoms with Crippen LogP contribution in [0.15, 0.2) is 23.5 Å². The van der Waals surface area contributed by atoms with Gasteiger partial charge in [0.15, 0.2) is 6.79 Å². The van der Waals surface area contributed by atoms with Crippen LogP contribution < -0.4 is 0 Å². The second kappa shape index (κ2) is 3.58. The van der Waals surface area contributed by atoms with Crippen molar-refractivity contribution in [2.24, 2.45) is 0 Å². The van der Waals surface area contributed by atoms with Crippen molar-refractivity contribution in [1.29, 1.82) is 0 Å². The molecule has 1 atom stereocenters. The second-order valence-electron chi connectivity index (χ2n) is 2.65. The van der Waals surface area contributed by atoms with E-state index in [4.69, 9.17) is 9.47 Å². The Bertz CT molecular complexity index is 192. The second-order valence-corrected chi connectivity index (χ2v) is 2.65. The van der Waals surface area contributed by atoms with Crippen LogP contribution in [0.1, 0.15) is 20.8 Å². The van der Waals surface area contributed by atoms with Crippen molar-refractivity contribution in [3.63, 3.8) is 0 Å². The van der Waals surface area contributed by atoms with Crippen molar-refractivity contribution in [3.8, 4) is 0 Å². The van der Waals surface area contributed by atoms with Gasteiger partial charge in [-0.25, -0.2) is 0 Å². The van der Waals surface area contributed by atoms with E-state index in [1.807, 2.05) is 32.9 Å². The normalized spacial score (nSPS) is 29.2. The number of ether oxygens (including phenoxy) is 2. The summed E-state index contributed by atoms with van der Waals surface area (Å²) in [6.07, 6.45) is 4.17. The van der Waals surface area contributed by atoms with E-state index in [9.17, 15) is 0 Å². The quantitative estimate of drug-likeness (QED) is 0.576. The molecule has 62 valence electrons. The molecular formula is C9H14O2. The minimum Gasteiger partial charge on any atom is -0.469 e. The summed E-state index contributed by atoms with van der Waals surface area (Å²) in [4.78, 5) is 0. The largest absolute Gasteiger partial charge is 0.469 e. The van der Waals surface area contributed by atoms with Crippen LogP contribution in [0.2, 0.25) is 0 Å². The van der Waals surface area contributed by atoms with Crippen molar-refractivity contribution in [1.82, 2.24) is 0 Å². The van der Waals surface area contributed by atoms with Gasteiger partial charge in [-0.15, -0.1) is 0 Å². The lowest BCUT2D eigenvalue weighted by Gasteiger charge is -2.00. The molecule has 1 rings (SSSR count). The Morgan fingerprint density at radius 2 is 2.36 bits per heavy atom. The van der Waals surface area contributed by atoms with Crippen molar-refractivity contribution in [2.45, 2.75) is 26.9 Å². The van der Waals surface area contributed by atoms with Gasteiger partial charge in [0.25, 0.3) is 0 Å². The molecule has 0 aromatic heterocycles. The van der Waals surface area contributed by atoms with Crippen LogP contribution in [0.3, 0.4) is 0 Å². The molecule has 0 N–H and O–H groups in total. The van der Waals surface area contributed by atoms with Gasteiger partial charge in [-0.1, -0.05) is 11.6 Å². The molecule has 0 bridgehead atoms. The lowest BCUT2D eigenvalue weighted by atomic mass is 10.2. The summed E-state index contributed by atoms with van der Waals surface area (Å²) < 4.78 is 10.4. The highest BCUT2D eigenvalue weighted by molar-refractivity contribution is 5.20. The average Bonchev–Trinajstić information content (AvgIpc) is 2.37. The maximum absolute atomic E-state index is 5.24. The van der Waals surface area contributed by atoms with Crippen molar-refractivity contribution in [2.75, 3.05) is 6.79 Å². The summed E-state index contributed by atoms with van der Waals surface area (Å²) in [6, 6.07) is 0. The third-order valence-corrected chi connectivity index (χ3v) is 1.77. The van der Waals surface area contributed by atoms with Gasteiger partial charge in [0.2, 0.25) is 0 Å². The van der Waals surface area contributed by atoms with Crippen LogP contribution in [0, 0.1) is 0 Å². The van der Waals surface area contributed by atoms with E-state index in [2.05, 4.69) is 0 Å². The molecule has 1 heterocycles. The molecule has 0 aliphatic carbocycles. The smallest absolute Gasteiger partial charge is 0.189 e. The molecule has 0 aromatic carbocycles. The minimum absolute atomic E-state index is 0.116. The Morgan fingerprint density at radius 1 is 1.64 bits per heavy atom. The fourth-order valence-corrected chi connectivity index (χ4v) is 0.870. The third kappa shape index (κ3) is 2.09. The zero-order chi connectivity index (χ0) is 8.27. The van der Waals surface area contributed by atoms with E-state index < -0.39 is 0 Å². The molecule has 0 aromatic rings. The standard InChI is InChI=1S/C9H14O2/c1-4-7(2)5-9-8(3)10-6-11-9/h4-5,8H,6H2,1-3H3. The number of hydrogen-bond acceptors (Lipinski definition) is 2. The molecular weight excluding hydrogens is 140 g/mol. The molecule has 1 fully saturated rings. The highest BCUT2D eigenvalue weighted by atomic mass is 16.7. The molecule has 0 spiro atoms. The van der Waals surface area contributed by atoms with E-state index in [-0.39, 0.29) is 6.10 Å². The number of rotatable bonds is 1. The van der Waals surface area contributed by atoms with Gasteiger partial charge in [-0.2, -0.15) is 0 Å². The molecule has 0 amide bonds. The number of allylic oxidation sites excluding steroid dienone is 3. The van der Waals surface area contributed by atoms with E-state index in [0.717, 1.165) is 5.76 Å². The Kier molecular flexibility index (Phi) is 2.71. The summed E-state index contributed by atoms with van der Waals surface area (Å²) in [6.45, 7) is 6.43. The van der Waals surface area contributed by atoms with E-state index in [1.54, 1.807) is 0 Å². The SMILES string of the molecule is CC=C(C)C=C1OCOC1C. The first-order chi connectivity index (χ1) is 5.24. The topological polar surface area (TPSA) is 18.5 Å². The minimum atomic E-state index is 0.116. The lowest BCUT2D eigenvalue weighted by molar-refractivity contribution is 0.0553. The molecule has 2 heteroatoms. The highest BCUT2D eigenvalue weighted by Crippen LogP contribution is 2.17. The Hall–Kier alpha value is -0.760. The first-order valence-electron chi connectivity index (χ1n) is 3.83. The molecule has 1 unspecified atom stereocenters. The summed E-state index contributed by atoms with van der Waals surface area (Å²) in [7, 11) is 0. The number of hydrogen-bond donors (Lipinski definition) is 0. The van der Waals surface area contributed by atoms with Gasteiger partial charge >= 0.3 is 0 Å². The molecule has 1 aliphatic rings. The molecule has 1 aliphatic heterocycles. The van der Waals surface area contributed by atoms with Crippen molar-refractivity contribution < 1.29 is 9.47 Å². The molecule has 0 radical (unpaired) electrons. The van der Waals surface area contributed by atoms with Crippen LogP contribution in [-0.2, 0) is 9.47 Å². The summed E-state index contributed by atoms with van der Waals surface area (Å²) in [5, 5.41) is 0. The molecule has 2 nitrogen and oxygen atoms in total. The molecule has 11 heavy (non-hydrogen) atoms. The average molecular weight is 154 g/mol. The zero-order valence-corrected chi connectivity index (χ0v) is 7.26. The van der Waals surface area contributed by atoms with Crippen LogP contribution in [0.4, 0.5) is 0 Å². The van der Waals surface area contributed by atoms with Gasteiger partial charge in [-0.05, 0) is 26.8 Å². The predicted molar refractivity (Wildman–Crippen MR) is 44.0 cm³/mol. The van der Waals surface area contributed by atoms with Crippen molar-refractivity contribution >= 4 is 0 Å². The first-order valence-corrected chi connectivity index (χ1v) is 3.83.